The largest absolute Gasteiger partial charge is 0.392 e. The lowest BCUT2D eigenvalue weighted by molar-refractivity contribution is 0.0999. The summed E-state index contributed by atoms with van der Waals surface area (Å²) in [6, 6.07) is 16.4. The van der Waals surface area contributed by atoms with Crippen molar-refractivity contribution in [1.29, 1.82) is 0 Å². The molecule has 21 heavy (non-hydrogen) atoms. The molecule has 0 fully saturated rings. The Balaban J connectivity index is 2.52. The molecule has 0 saturated heterocycles. The average molecular weight is 283 g/mol. The molecule has 2 aromatic rings. The minimum atomic E-state index is -0.510. The van der Waals surface area contributed by atoms with E-state index in [1.54, 1.807) is 0 Å². The van der Waals surface area contributed by atoms with Gasteiger partial charge in [0, 0.05) is 12.0 Å². The molecule has 2 rings (SSSR count). The molecule has 2 unspecified atom stereocenters. The second kappa shape index (κ2) is 6.42. The number of hydrogen-bond donors (Lipinski definition) is 2. The molecular weight excluding hydrogens is 258 g/mol. The first-order valence-electron chi connectivity index (χ1n) is 7.50. The van der Waals surface area contributed by atoms with Crippen LogP contribution in [0.15, 0.2) is 48.5 Å². The van der Waals surface area contributed by atoms with Gasteiger partial charge in [-0.1, -0.05) is 48.5 Å². The van der Waals surface area contributed by atoms with Gasteiger partial charge in [-0.15, -0.1) is 0 Å². The fourth-order valence-corrected chi connectivity index (χ4v) is 3.06. The Bertz CT molecular complexity index is 572. The molecule has 0 aromatic heterocycles. The van der Waals surface area contributed by atoms with E-state index in [1.165, 1.54) is 16.7 Å². The SMILES string of the molecule is Cc1cccc(C)c1CC(CN)(c1ccccc1)C(C)O. The Morgan fingerprint density at radius 2 is 1.57 bits per heavy atom. The van der Waals surface area contributed by atoms with E-state index in [0.29, 0.717) is 6.54 Å². The molecule has 2 aromatic carbocycles. The standard InChI is InChI=1S/C19H25NO/c1-14-8-7-9-15(2)18(14)12-19(13-20,16(3)21)17-10-5-4-6-11-17/h4-11,16,21H,12-13,20H2,1-3H3. The summed E-state index contributed by atoms with van der Waals surface area (Å²) in [7, 11) is 0. The van der Waals surface area contributed by atoms with Gasteiger partial charge in [0.25, 0.3) is 0 Å². The molecule has 0 bridgehead atoms. The Hall–Kier alpha value is -1.64. The summed E-state index contributed by atoms with van der Waals surface area (Å²) in [6.07, 6.45) is 0.243. The van der Waals surface area contributed by atoms with E-state index in [2.05, 4.69) is 44.2 Å². The van der Waals surface area contributed by atoms with E-state index in [9.17, 15) is 5.11 Å². The van der Waals surface area contributed by atoms with Gasteiger partial charge < -0.3 is 10.8 Å². The fraction of sp³-hybridized carbons (Fsp3) is 0.368. The minimum Gasteiger partial charge on any atom is -0.392 e. The Morgan fingerprint density at radius 1 is 1.00 bits per heavy atom. The summed E-state index contributed by atoms with van der Waals surface area (Å²) in [5, 5.41) is 10.5. The molecular formula is C19H25NO. The lowest BCUT2D eigenvalue weighted by Gasteiger charge is -2.37. The van der Waals surface area contributed by atoms with Crippen LogP contribution < -0.4 is 5.73 Å². The maximum Gasteiger partial charge on any atom is 0.0624 e. The van der Waals surface area contributed by atoms with Crippen LogP contribution in [0.4, 0.5) is 0 Å². The van der Waals surface area contributed by atoms with E-state index in [1.807, 2.05) is 25.1 Å². The van der Waals surface area contributed by atoms with E-state index in [4.69, 9.17) is 5.73 Å². The van der Waals surface area contributed by atoms with Crippen LogP contribution in [-0.4, -0.2) is 17.8 Å². The summed E-state index contributed by atoms with van der Waals surface area (Å²) in [5.41, 5.74) is 10.6. The highest BCUT2D eigenvalue weighted by molar-refractivity contribution is 5.39. The summed E-state index contributed by atoms with van der Waals surface area (Å²) in [6.45, 7) is 6.50. The van der Waals surface area contributed by atoms with Crippen molar-refractivity contribution in [3.8, 4) is 0 Å². The molecule has 0 saturated carbocycles. The van der Waals surface area contributed by atoms with Crippen LogP contribution in [0.5, 0.6) is 0 Å². The first-order valence-corrected chi connectivity index (χ1v) is 7.50. The zero-order chi connectivity index (χ0) is 15.5. The number of benzene rings is 2. The van der Waals surface area contributed by atoms with E-state index in [-0.39, 0.29) is 0 Å². The molecule has 0 spiro atoms. The summed E-state index contributed by atoms with van der Waals surface area (Å²) in [5.74, 6) is 0. The maximum atomic E-state index is 10.5. The first-order chi connectivity index (χ1) is 10.0. The van der Waals surface area contributed by atoms with Gasteiger partial charge in [-0.2, -0.15) is 0 Å². The lowest BCUT2D eigenvalue weighted by atomic mass is 9.70. The van der Waals surface area contributed by atoms with Crippen molar-refractivity contribution in [2.75, 3.05) is 6.54 Å². The molecule has 0 radical (unpaired) electrons. The second-order valence-electron chi connectivity index (χ2n) is 5.95. The number of aryl methyl sites for hydroxylation is 2. The van der Waals surface area contributed by atoms with Crippen LogP contribution in [0.25, 0.3) is 0 Å². The van der Waals surface area contributed by atoms with E-state index in [0.717, 1.165) is 12.0 Å². The molecule has 2 nitrogen and oxygen atoms in total. The molecule has 2 heteroatoms. The number of nitrogens with two attached hydrogens (primary N) is 1. The van der Waals surface area contributed by atoms with Crippen LogP contribution >= 0.6 is 0 Å². The van der Waals surface area contributed by atoms with Gasteiger partial charge in [0.2, 0.25) is 0 Å². The van der Waals surface area contributed by atoms with Gasteiger partial charge in [0.15, 0.2) is 0 Å². The van der Waals surface area contributed by atoms with Crippen LogP contribution in [0.1, 0.15) is 29.2 Å². The number of hydrogen-bond acceptors (Lipinski definition) is 2. The zero-order valence-electron chi connectivity index (χ0n) is 13.1. The summed E-state index contributed by atoms with van der Waals surface area (Å²) in [4.78, 5) is 0. The monoisotopic (exact) mass is 283 g/mol. The molecule has 0 aliphatic heterocycles. The smallest absolute Gasteiger partial charge is 0.0624 e. The highest BCUT2D eigenvalue weighted by Gasteiger charge is 2.36. The summed E-state index contributed by atoms with van der Waals surface area (Å²) >= 11 is 0. The predicted molar refractivity (Wildman–Crippen MR) is 88.5 cm³/mol. The van der Waals surface area contributed by atoms with Gasteiger partial charge in [0.1, 0.15) is 0 Å². The molecule has 0 aliphatic rings. The minimum absolute atomic E-state index is 0.419. The third kappa shape index (κ3) is 3.02. The quantitative estimate of drug-likeness (QED) is 0.885. The molecule has 112 valence electrons. The van der Waals surface area contributed by atoms with Crippen molar-refractivity contribution in [1.82, 2.24) is 0 Å². The second-order valence-corrected chi connectivity index (χ2v) is 5.95. The lowest BCUT2D eigenvalue weighted by Crippen LogP contribution is -2.46. The van der Waals surface area contributed by atoms with Crippen molar-refractivity contribution < 1.29 is 5.11 Å². The third-order valence-corrected chi connectivity index (χ3v) is 4.65. The predicted octanol–water partition coefficient (Wildman–Crippen LogP) is 3.12. The molecule has 0 heterocycles. The van der Waals surface area contributed by atoms with Crippen LogP contribution in [0, 0.1) is 13.8 Å². The summed E-state index contributed by atoms with van der Waals surface area (Å²) < 4.78 is 0. The average Bonchev–Trinajstić information content (AvgIpc) is 2.48. The third-order valence-electron chi connectivity index (χ3n) is 4.65. The van der Waals surface area contributed by atoms with Gasteiger partial charge in [0.05, 0.1) is 6.10 Å². The first kappa shape index (κ1) is 15.7. The van der Waals surface area contributed by atoms with Gasteiger partial charge >= 0.3 is 0 Å². The highest BCUT2D eigenvalue weighted by atomic mass is 16.3. The van der Waals surface area contributed by atoms with Gasteiger partial charge in [-0.3, -0.25) is 0 Å². The van der Waals surface area contributed by atoms with Crippen molar-refractivity contribution in [3.63, 3.8) is 0 Å². The highest BCUT2D eigenvalue weighted by Crippen LogP contribution is 2.33. The van der Waals surface area contributed by atoms with Gasteiger partial charge in [-0.05, 0) is 49.4 Å². The number of aliphatic hydroxyl groups is 1. The molecule has 3 N–H and O–H groups in total. The van der Waals surface area contributed by atoms with Crippen molar-refractivity contribution in [2.45, 2.75) is 38.7 Å². The number of rotatable bonds is 5. The maximum absolute atomic E-state index is 10.5. The fourth-order valence-electron chi connectivity index (χ4n) is 3.06. The normalized spacial score (nSPS) is 15.5. The van der Waals surface area contributed by atoms with Gasteiger partial charge in [-0.25, -0.2) is 0 Å². The number of aliphatic hydroxyl groups excluding tert-OH is 1. The molecule has 0 amide bonds. The van der Waals surface area contributed by atoms with Crippen molar-refractivity contribution in [2.24, 2.45) is 5.73 Å². The molecule has 2 atom stereocenters. The Labute approximate surface area is 127 Å². The topological polar surface area (TPSA) is 46.2 Å². The van der Waals surface area contributed by atoms with E-state index < -0.39 is 11.5 Å². The van der Waals surface area contributed by atoms with Crippen LogP contribution in [0.3, 0.4) is 0 Å². The van der Waals surface area contributed by atoms with E-state index >= 15 is 0 Å². The van der Waals surface area contributed by atoms with Crippen LogP contribution in [0.2, 0.25) is 0 Å². The van der Waals surface area contributed by atoms with Crippen molar-refractivity contribution in [3.05, 3.63) is 70.8 Å². The Morgan fingerprint density at radius 3 is 2.05 bits per heavy atom. The zero-order valence-corrected chi connectivity index (χ0v) is 13.1. The van der Waals surface area contributed by atoms with Crippen molar-refractivity contribution >= 4 is 0 Å². The Kier molecular flexibility index (Phi) is 4.81. The van der Waals surface area contributed by atoms with Crippen LogP contribution in [-0.2, 0) is 11.8 Å². The molecule has 0 aliphatic carbocycles.